The van der Waals surface area contributed by atoms with Crippen LogP contribution in [0.5, 0.6) is 0 Å². The number of hydrogen-bond donors (Lipinski definition) is 3. The lowest BCUT2D eigenvalue weighted by molar-refractivity contribution is -0.154. The van der Waals surface area contributed by atoms with Crippen molar-refractivity contribution in [2.24, 2.45) is 5.73 Å². The molecule has 0 aliphatic carbocycles. The maximum atomic E-state index is 15.0. The number of hydrogen-bond acceptors (Lipinski definition) is 15. The number of benzene rings is 7. The molecular weight excluding hydrogens is 1100 g/mol. The van der Waals surface area contributed by atoms with Crippen molar-refractivity contribution in [3.63, 3.8) is 0 Å². The topological polar surface area (TPSA) is 196 Å². The van der Waals surface area contributed by atoms with E-state index >= 15 is 4.79 Å². The van der Waals surface area contributed by atoms with E-state index in [-0.39, 0.29) is 23.1 Å². The van der Waals surface area contributed by atoms with Gasteiger partial charge in [0.25, 0.3) is 17.5 Å². The van der Waals surface area contributed by atoms with Crippen molar-refractivity contribution in [1.29, 1.82) is 0 Å². The maximum Gasteiger partial charge on any atom is 0.379 e. The molecule has 3 atom stereocenters. The zero-order valence-electron chi connectivity index (χ0n) is 44.6. The summed E-state index contributed by atoms with van der Waals surface area (Å²) >= 11 is 4.06. The lowest BCUT2D eigenvalue weighted by Gasteiger charge is -2.50. The summed E-state index contributed by atoms with van der Waals surface area (Å²) in [6, 6.07) is 67.6. The Hall–Kier alpha value is -9.20. The van der Waals surface area contributed by atoms with E-state index in [1.807, 2.05) is 189 Å². The molecule has 83 heavy (non-hydrogen) atoms. The van der Waals surface area contributed by atoms with Crippen LogP contribution in [0.3, 0.4) is 0 Å². The first-order valence-corrected chi connectivity index (χ1v) is 29.7. The van der Waals surface area contributed by atoms with Gasteiger partial charge in [0.15, 0.2) is 17.3 Å². The van der Waals surface area contributed by atoms with Crippen LogP contribution >= 0.6 is 34.9 Å². The number of carbonyl (C=O) groups excluding carboxylic acids is 4. The van der Waals surface area contributed by atoms with Gasteiger partial charge >= 0.3 is 11.9 Å². The van der Waals surface area contributed by atoms with Gasteiger partial charge in [0.05, 0.1) is 5.69 Å². The molecule has 0 bridgehead atoms. The van der Waals surface area contributed by atoms with Crippen LogP contribution in [0.15, 0.2) is 240 Å². The normalized spacial score (nSPS) is 15.4. The minimum Gasteiger partial charge on any atom is -0.448 e. The standard InChI is InChI=1S/C65H53N9O6S3/c1-41-37-51(74-63(67-41)70-57(72-74)62(78)80-56(44-27-13-4-14-28-44)45-29-15-5-16-30-45)81-38-46-39-82-60-53(59(76)73(60)54(46)61(77)79-55(42-23-9-2-10-24-42)43-25-11-3-12-26-43)69-58(75)52(66)50-40-83-64(68-50)71-65(47-31-17-6-18-32-47,48-33-19-7-20-34-48)49-35-21-8-22-36-49/h2-37,40,52-53,55-56,60H,38-39,66H2,1H3,(H,68,71)(H,69,75)/t52?,53-,60-/m1/s1. The summed E-state index contributed by atoms with van der Waals surface area (Å²) in [6.07, 6.45) is -1.55. The molecule has 1 unspecified atom stereocenters. The Kier molecular flexibility index (Phi) is 15.8. The molecule has 3 aromatic heterocycles. The highest BCUT2D eigenvalue weighted by Gasteiger charge is 2.55. The number of thiazole rings is 1. The van der Waals surface area contributed by atoms with E-state index in [0.29, 0.717) is 32.9 Å². The van der Waals surface area contributed by atoms with Gasteiger partial charge in [0, 0.05) is 22.6 Å². The lowest BCUT2D eigenvalue weighted by atomic mass is 9.77. The number of amides is 2. The third kappa shape index (κ3) is 11.2. The van der Waals surface area contributed by atoms with Crippen LogP contribution < -0.4 is 16.4 Å². The van der Waals surface area contributed by atoms with Crippen molar-refractivity contribution >= 4 is 69.5 Å². The summed E-state index contributed by atoms with van der Waals surface area (Å²) < 4.78 is 14.1. The summed E-state index contributed by atoms with van der Waals surface area (Å²) in [4.78, 5) is 73.3. The van der Waals surface area contributed by atoms with Crippen molar-refractivity contribution in [2.45, 2.75) is 47.2 Å². The molecule has 0 saturated carbocycles. The van der Waals surface area contributed by atoms with E-state index in [9.17, 15) is 14.4 Å². The molecule has 12 rings (SSSR count). The number of thioether (sulfide) groups is 2. The highest BCUT2D eigenvalue weighted by Crippen LogP contribution is 2.44. The quantitative estimate of drug-likeness (QED) is 0.0227. The maximum absolute atomic E-state index is 15.0. The van der Waals surface area contributed by atoms with Gasteiger partial charge in [0.2, 0.25) is 5.91 Å². The van der Waals surface area contributed by atoms with Crippen LogP contribution in [-0.2, 0) is 29.4 Å². The number of β-lactam (4-membered cyclic amide) rings is 1. The number of anilines is 1. The number of carbonyl (C=O) groups is 4. The van der Waals surface area contributed by atoms with Crippen molar-refractivity contribution in [1.82, 2.24) is 34.8 Å². The van der Waals surface area contributed by atoms with Gasteiger partial charge in [0.1, 0.15) is 33.7 Å². The minimum atomic E-state index is -1.24. The molecule has 0 spiro atoms. The number of nitrogens with one attached hydrogen (secondary N) is 2. The zero-order chi connectivity index (χ0) is 56.9. The number of aryl methyl sites for hydroxylation is 1. The number of aromatic nitrogens is 5. The number of nitrogens with two attached hydrogens (primary N) is 1. The number of rotatable bonds is 19. The largest absolute Gasteiger partial charge is 0.448 e. The van der Waals surface area contributed by atoms with Crippen LogP contribution in [0.4, 0.5) is 5.13 Å². The number of nitrogens with zero attached hydrogens (tertiary/aromatic N) is 6. The average molecular weight is 1150 g/mol. The Balaban J connectivity index is 0.811. The van der Waals surface area contributed by atoms with E-state index in [2.05, 4.69) is 62.1 Å². The summed E-state index contributed by atoms with van der Waals surface area (Å²) in [5.41, 5.74) is 13.4. The summed E-state index contributed by atoms with van der Waals surface area (Å²) in [5, 5.41) is 13.4. The lowest BCUT2D eigenvalue weighted by Crippen LogP contribution is -2.71. The molecule has 2 amide bonds. The van der Waals surface area contributed by atoms with Crippen molar-refractivity contribution in [3.05, 3.63) is 291 Å². The Morgan fingerprint density at radius 3 is 1.63 bits per heavy atom. The van der Waals surface area contributed by atoms with E-state index < -0.39 is 59.0 Å². The fourth-order valence-electron chi connectivity index (χ4n) is 10.4. The van der Waals surface area contributed by atoms with E-state index in [1.165, 1.54) is 44.3 Å². The molecule has 18 heteroatoms. The predicted octanol–water partition coefficient (Wildman–Crippen LogP) is 11.0. The molecular formula is C65H53N9O6S3. The van der Waals surface area contributed by atoms with Gasteiger partial charge in [-0.2, -0.15) is 9.50 Å². The van der Waals surface area contributed by atoms with Gasteiger partial charge < -0.3 is 25.8 Å². The van der Waals surface area contributed by atoms with E-state index in [0.717, 1.165) is 38.9 Å². The van der Waals surface area contributed by atoms with E-state index in [4.69, 9.17) is 20.2 Å². The number of ether oxygens (including phenoxy) is 2. The molecule has 2 aliphatic rings. The predicted molar refractivity (Wildman–Crippen MR) is 321 cm³/mol. The van der Waals surface area contributed by atoms with Gasteiger partial charge in [-0.25, -0.2) is 19.6 Å². The molecule has 1 saturated heterocycles. The Bertz CT molecular complexity index is 3800. The summed E-state index contributed by atoms with van der Waals surface area (Å²) in [5.74, 6) is -2.08. The first-order valence-electron chi connectivity index (χ1n) is 26.7. The third-order valence-corrected chi connectivity index (χ3v) is 17.6. The van der Waals surface area contributed by atoms with Crippen LogP contribution in [0.25, 0.3) is 5.78 Å². The monoisotopic (exact) mass is 1150 g/mol. The Morgan fingerprint density at radius 2 is 1.13 bits per heavy atom. The van der Waals surface area contributed by atoms with Gasteiger partial charge in [-0.05, 0) is 57.5 Å². The number of fused-ring (bicyclic) bond motifs is 2. The highest BCUT2D eigenvalue weighted by molar-refractivity contribution is 8.01. The molecule has 2 aliphatic heterocycles. The molecule has 7 aromatic carbocycles. The molecule has 1 fully saturated rings. The first-order chi connectivity index (χ1) is 40.6. The fraction of sp³-hybridized carbons (Fsp3) is 0.138. The van der Waals surface area contributed by atoms with Gasteiger partial charge in [-0.3, -0.25) is 14.5 Å². The Labute approximate surface area is 491 Å². The van der Waals surface area contributed by atoms with Crippen molar-refractivity contribution < 1.29 is 28.7 Å². The molecule has 10 aromatic rings. The second-order valence-electron chi connectivity index (χ2n) is 19.8. The van der Waals surface area contributed by atoms with Crippen LogP contribution in [0, 0.1) is 6.92 Å². The van der Waals surface area contributed by atoms with Gasteiger partial charge in [-0.15, -0.1) is 40.0 Å². The first kappa shape index (κ1) is 54.4. The summed E-state index contributed by atoms with van der Waals surface area (Å²) in [6.45, 7) is 1.81. The number of esters is 2. The smallest absolute Gasteiger partial charge is 0.379 e. The molecule has 15 nitrogen and oxygen atoms in total. The van der Waals surface area contributed by atoms with Crippen LogP contribution in [0.2, 0.25) is 0 Å². The molecule has 5 heterocycles. The molecule has 412 valence electrons. The van der Waals surface area contributed by atoms with Gasteiger partial charge in [-0.1, -0.05) is 212 Å². The molecule has 0 radical (unpaired) electrons. The second-order valence-corrected chi connectivity index (χ2v) is 22.7. The second kappa shape index (κ2) is 24.1. The van der Waals surface area contributed by atoms with Crippen LogP contribution in [-0.4, -0.2) is 76.1 Å². The zero-order valence-corrected chi connectivity index (χ0v) is 47.0. The Morgan fingerprint density at radius 1 is 0.663 bits per heavy atom. The van der Waals surface area contributed by atoms with E-state index in [1.54, 1.807) is 5.38 Å². The SMILES string of the molecule is Cc1cc(SCC2=C(C(=O)OC(c3ccccc3)c3ccccc3)N3C(=O)[C@@H](NC(=O)C(N)c4csc(NC(c5ccccc5)(c5ccccc5)c5ccccc5)n4)[C@H]3SC2)n2nc(C(=O)OC(c3ccccc3)c3ccccc3)nc2n1. The fourth-order valence-corrected chi connectivity index (χ4v) is 13.7. The van der Waals surface area contributed by atoms with Crippen LogP contribution in [0.1, 0.15) is 79.2 Å². The minimum absolute atomic E-state index is 0.0737. The third-order valence-electron chi connectivity index (χ3n) is 14.4. The summed E-state index contributed by atoms with van der Waals surface area (Å²) in [7, 11) is 0. The van der Waals surface area contributed by atoms with Crippen molar-refractivity contribution in [3.8, 4) is 0 Å². The molecule has 4 N–H and O–H groups in total. The van der Waals surface area contributed by atoms with Crippen molar-refractivity contribution in [2.75, 3.05) is 16.8 Å². The average Bonchev–Trinajstić information content (AvgIpc) is 2.58. The highest BCUT2D eigenvalue weighted by atomic mass is 32.2.